The van der Waals surface area contributed by atoms with Gasteiger partial charge in [-0.2, -0.15) is 0 Å². The molecule has 0 saturated carbocycles. The number of rotatable bonds is 2. The lowest BCUT2D eigenvalue weighted by Gasteiger charge is -2.23. The highest BCUT2D eigenvalue weighted by atomic mass is 16.5. The van der Waals surface area contributed by atoms with Crippen LogP contribution in [0.3, 0.4) is 0 Å². The molecule has 0 fully saturated rings. The van der Waals surface area contributed by atoms with Crippen LogP contribution in [0.2, 0.25) is 0 Å². The predicted molar refractivity (Wildman–Crippen MR) is 108 cm³/mol. The molecule has 1 aliphatic carbocycles. The zero-order valence-corrected chi connectivity index (χ0v) is 15.6. The number of hydrogen-bond donors (Lipinski definition) is 3. The minimum atomic E-state index is -0.521. The van der Waals surface area contributed by atoms with Gasteiger partial charge in [-0.25, -0.2) is 0 Å². The van der Waals surface area contributed by atoms with Crippen molar-refractivity contribution in [1.82, 2.24) is 4.98 Å². The van der Waals surface area contributed by atoms with E-state index in [1.54, 1.807) is 25.1 Å². The van der Waals surface area contributed by atoms with E-state index in [0.29, 0.717) is 22.7 Å². The Morgan fingerprint density at radius 3 is 2.89 bits per heavy atom. The van der Waals surface area contributed by atoms with Gasteiger partial charge in [0.25, 0.3) is 11.8 Å². The molecule has 0 saturated heterocycles. The number of hydrogen-bond acceptors (Lipinski definition) is 3. The zero-order chi connectivity index (χ0) is 19.3. The Balaban J connectivity index is 1.41. The second-order valence-corrected chi connectivity index (χ2v) is 7.46. The van der Waals surface area contributed by atoms with E-state index in [1.165, 1.54) is 24.1 Å². The van der Waals surface area contributed by atoms with E-state index in [0.717, 1.165) is 23.7 Å². The van der Waals surface area contributed by atoms with Crippen molar-refractivity contribution in [2.75, 3.05) is 10.6 Å². The van der Waals surface area contributed by atoms with Crippen molar-refractivity contribution >= 4 is 34.1 Å². The Morgan fingerprint density at radius 2 is 2.00 bits per heavy atom. The number of benzene rings is 2. The van der Waals surface area contributed by atoms with E-state index in [1.807, 2.05) is 18.2 Å². The van der Waals surface area contributed by atoms with E-state index < -0.39 is 6.10 Å². The maximum absolute atomic E-state index is 12.8. The molecule has 3 N–H and O–H groups in total. The van der Waals surface area contributed by atoms with Crippen LogP contribution in [0.1, 0.15) is 41.4 Å². The van der Waals surface area contributed by atoms with Gasteiger partial charge in [-0.3, -0.25) is 9.59 Å². The van der Waals surface area contributed by atoms with E-state index in [9.17, 15) is 9.59 Å². The normalized spacial score (nSPS) is 18.0. The highest BCUT2D eigenvalue weighted by molar-refractivity contribution is 6.07. The third-order valence-corrected chi connectivity index (χ3v) is 5.53. The SMILES string of the molecule is CC1Oc2ccc(NC(=O)c3ccc4[nH]c5c(c4c3)CCCC5)cc2NC1=O. The van der Waals surface area contributed by atoms with E-state index in [-0.39, 0.29) is 11.8 Å². The fourth-order valence-electron chi connectivity index (χ4n) is 4.04. The van der Waals surface area contributed by atoms with Gasteiger partial charge < -0.3 is 20.4 Å². The Hall–Kier alpha value is -3.28. The topological polar surface area (TPSA) is 83.2 Å². The number of carbonyl (C=O) groups excluding carboxylic acids is 2. The van der Waals surface area contributed by atoms with Crippen LogP contribution >= 0.6 is 0 Å². The summed E-state index contributed by atoms with van der Waals surface area (Å²) in [6.45, 7) is 1.70. The Labute approximate surface area is 162 Å². The molecule has 2 aromatic carbocycles. The number of H-pyrrole nitrogens is 1. The third-order valence-electron chi connectivity index (χ3n) is 5.53. The molecule has 2 amide bonds. The largest absolute Gasteiger partial charge is 0.479 e. The van der Waals surface area contributed by atoms with Crippen LogP contribution in [0.25, 0.3) is 10.9 Å². The zero-order valence-electron chi connectivity index (χ0n) is 15.6. The molecule has 6 heteroatoms. The number of aryl methyl sites for hydroxylation is 2. The first kappa shape index (κ1) is 16.9. The van der Waals surface area contributed by atoms with Crippen molar-refractivity contribution in [3.8, 4) is 5.75 Å². The molecule has 28 heavy (non-hydrogen) atoms. The number of nitrogens with one attached hydrogen (secondary N) is 3. The van der Waals surface area contributed by atoms with Crippen molar-refractivity contribution in [1.29, 1.82) is 0 Å². The highest BCUT2D eigenvalue weighted by Gasteiger charge is 2.24. The first-order chi connectivity index (χ1) is 13.6. The lowest BCUT2D eigenvalue weighted by Crippen LogP contribution is -2.34. The van der Waals surface area contributed by atoms with Gasteiger partial charge in [0, 0.05) is 27.8 Å². The Kier molecular flexibility index (Phi) is 3.86. The summed E-state index contributed by atoms with van der Waals surface area (Å²) in [7, 11) is 0. The van der Waals surface area contributed by atoms with Crippen LogP contribution in [0.15, 0.2) is 36.4 Å². The quantitative estimate of drug-likeness (QED) is 0.633. The Morgan fingerprint density at radius 1 is 1.14 bits per heavy atom. The third kappa shape index (κ3) is 2.81. The first-order valence-electron chi connectivity index (χ1n) is 9.65. The van der Waals surface area contributed by atoms with Crippen molar-refractivity contribution < 1.29 is 14.3 Å². The summed E-state index contributed by atoms with van der Waals surface area (Å²) in [5.41, 5.74) is 5.53. The van der Waals surface area contributed by atoms with Crippen LogP contribution in [0.4, 0.5) is 11.4 Å². The summed E-state index contributed by atoms with van der Waals surface area (Å²) in [5.74, 6) is 0.230. The van der Waals surface area contributed by atoms with Gasteiger partial charge in [-0.1, -0.05) is 0 Å². The molecule has 2 heterocycles. The predicted octanol–water partition coefficient (Wildman–Crippen LogP) is 4.02. The van der Waals surface area contributed by atoms with Gasteiger partial charge in [-0.05, 0) is 74.6 Å². The molecule has 0 bridgehead atoms. The van der Waals surface area contributed by atoms with Crippen LogP contribution in [-0.2, 0) is 17.6 Å². The maximum atomic E-state index is 12.8. The van der Waals surface area contributed by atoms with E-state index in [2.05, 4.69) is 15.6 Å². The van der Waals surface area contributed by atoms with Gasteiger partial charge in [0.15, 0.2) is 6.10 Å². The first-order valence-corrected chi connectivity index (χ1v) is 9.65. The molecule has 2 aliphatic rings. The second kappa shape index (κ2) is 6.41. The summed E-state index contributed by atoms with van der Waals surface area (Å²) in [6, 6.07) is 11.0. The number of aromatic amines is 1. The van der Waals surface area contributed by atoms with Gasteiger partial charge in [-0.15, -0.1) is 0 Å². The number of anilines is 2. The van der Waals surface area contributed by atoms with E-state index in [4.69, 9.17) is 4.74 Å². The fourth-order valence-corrected chi connectivity index (χ4v) is 4.04. The number of amides is 2. The van der Waals surface area contributed by atoms with E-state index >= 15 is 0 Å². The second-order valence-electron chi connectivity index (χ2n) is 7.46. The lowest BCUT2D eigenvalue weighted by atomic mass is 9.95. The number of ether oxygens (including phenoxy) is 1. The van der Waals surface area contributed by atoms with Gasteiger partial charge in [0.05, 0.1) is 5.69 Å². The van der Waals surface area contributed by atoms with Gasteiger partial charge in [0.1, 0.15) is 5.75 Å². The number of fused-ring (bicyclic) bond motifs is 4. The molecule has 0 radical (unpaired) electrons. The lowest BCUT2D eigenvalue weighted by molar-refractivity contribution is -0.122. The summed E-state index contributed by atoms with van der Waals surface area (Å²) in [6.07, 6.45) is 4.02. The average Bonchev–Trinajstić information content (AvgIpc) is 3.07. The highest BCUT2D eigenvalue weighted by Crippen LogP contribution is 2.33. The molecule has 142 valence electrons. The monoisotopic (exact) mass is 375 g/mol. The van der Waals surface area contributed by atoms with Crippen molar-refractivity contribution in [2.45, 2.75) is 38.7 Å². The number of aromatic nitrogens is 1. The maximum Gasteiger partial charge on any atom is 0.265 e. The van der Waals surface area contributed by atoms with Crippen LogP contribution in [0.5, 0.6) is 5.75 Å². The smallest absolute Gasteiger partial charge is 0.265 e. The molecule has 1 aromatic heterocycles. The van der Waals surface area contributed by atoms with Crippen molar-refractivity contribution in [3.63, 3.8) is 0 Å². The van der Waals surface area contributed by atoms with Crippen molar-refractivity contribution in [3.05, 3.63) is 53.2 Å². The summed E-state index contributed by atoms with van der Waals surface area (Å²) < 4.78 is 5.55. The standard InChI is InChI=1S/C22H21N3O3/c1-12-21(26)25-19-11-14(7-9-20(19)28-12)23-22(27)13-6-8-18-16(10-13)15-4-2-3-5-17(15)24-18/h6-12,24H,2-5H2,1H3,(H,23,27)(H,25,26). The number of carbonyl (C=O) groups is 2. The minimum absolute atomic E-state index is 0.177. The molecule has 5 rings (SSSR count). The molecular weight excluding hydrogens is 354 g/mol. The minimum Gasteiger partial charge on any atom is -0.479 e. The van der Waals surface area contributed by atoms with Crippen LogP contribution < -0.4 is 15.4 Å². The average molecular weight is 375 g/mol. The van der Waals surface area contributed by atoms with Crippen LogP contribution in [-0.4, -0.2) is 22.9 Å². The summed E-state index contributed by atoms with van der Waals surface area (Å²) in [4.78, 5) is 28.1. The molecule has 1 aliphatic heterocycles. The summed E-state index contributed by atoms with van der Waals surface area (Å²) >= 11 is 0. The van der Waals surface area contributed by atoms with Crippen LogP contribution in [0, 0.1) is 0 Å². The van der Waals surface area contributed by atoms with Gasteiger partial charge >= 0.3 is 0 Å². The fraction of sp³-hybridized carbons (Fsp3) is 0.273. The molecule has 0 spiro atoms. The molecule has 3 aromatic rings. The van der Waals surface area contributed by atoms with Gasteiger partial charge in [0.2, 0.25) is 0 Å². The summed E-state index contributed by atoms with van der Waals surface area (Å²) in [5, 5.41) is 6.86. The Bertz CT molecular complexity index is 1120. The molecule has 1 unspecified atom stereocenters. The molecule has 1 atom stereocenters. The molecule has 6 nitrogen and oxygen atoms in total. The van der Waals surface area contributed by atoms with Crippen molar-refractivity contribution in [2.24, 2.45) is 0 Å². The molecular formula is C22H21N3O3.